The molecule has 2 aromatic rings. The van der Waals surface area contributed by atoms with Gasteiger partial charge in [-0.3, -0.25) is 4.79 Å². The summed E-state index contributed by atoms with van der Waals surface area (Å²) >= 11 is 0. The van der Waals surface area contributed by atoms with Gasteiger partial charge in [-0.05, 0) is 30.2 Å². The van der Waals surface area contributed by atoms with Crippen molar-refractivity contribution < 1.29 is 13.6 Å². The minimum atomic E-state index is -0.789. The van der Waals surface area contributed by atoms with Crippen LogP contribution in [0.2, 0.25) is 0 Å². The molecule has 0 unspecified atom stereocenters. The van der Waals surface area contributed by atoms with E-state index in [0.717, 1.165) is 29.9 Å². The van der Waals surface area contributed by atoms with Crippen molar-refractivity contribution in [1.82, 2.24) is 4.98 Å². The number of aromatic nitrogens is 1. The van der Waals surface area contributed by atoms with Crippen LogP contribution in [-0.4, -0.2) is 24.0 Å². The predicted molar refractivity (Wildman–Crippen MR) is 75.1 cm³/mol. The fraction of sp³-hybridized carbons (Fsp3) is 0.200. The van der Waals surface area contributed by atoms with Gasteiger partial charge >= 0.3 is 0 Å². The first-order valence-electron chi connectivity index (χ1n) is 6.57. The Morgan fingerprint density at radius 2 is 2.19 bits per heavy atom. The van der Waals surface area contributed by atoms with Crippen molar-refractivity contribution in [2.75, 3.05) is 23.3 Å². The number of nitrogens with zero attached hydrogens (tertiary/aromatic N) is 2. The molecule has 1 N–H and O–H groups in total. The normalized spacial score (nSPS) is 13.1. The molecule has 0 spiro atoms. The number of fused-ring (bicyclic) bond motifs is 1. The summed E-state index contributed by atoms with van der Waals surface area (Å²) in [6.07, 6.45) is 2.51. The van der Waals surface area contributed by atoms with Gasteiger partial charge in [-0.15, -0.1) is 0 Å². The van der Waals surface area contributed by atoms with Crippen molar-refractivity contribution in [1.29, 1.82) is 0 Å². The summed E-state index contributed by atoms with van der Waals surface area (Å²) in [5.74, 6) is -1.04. The van der Waals surface area contributed by atoms with Crippen LogP contribution in [0.25, 0.3) is 0 Å². The van der Waals surface area contributed by atoms with Crippen LogP contribution in [-0.2, 0) is 11.2 Å². The van der Waals surface area contributed by atoms with E-state index in [2.05, 4.69) is 10.3 Å². The van der Waals surface area contributed by atoms with Gasteiger partial charge in [0, 0.05) is 18.8 Å². The van der Waals surface area contributed by atoms with Crippen molar-refractivity contribution in [3.8, 4) is 0 Å². The molecule has 0 saturated carbocycles. The number of carbonyl (C=O) groups is 1. The Hall–Kier alpha value is -2.50. The number of amides is 1. The molecule has 1 aliphatic rings. The molecule has 0 bridgehead atoms. The van der Waals surface area contributed by atoms with E-state index in [0.29, 0.717) is 6.54 Å². The Morgan fingerprint density at radius 3 is 3.00 bits per heavy atom. The van der Waals surface area contributed by atoms with E-state index in [1.54, 1.807) is 6.20 Å². The van der Waals surface area contributed by atoms with E-state index >= 15 is 0 Å². The highest BCUT2D eigenvalue weighted by molar-refractivity contribution is 5.94. The van der Waals surface area contributed by atoms with Gasteiger partial charge in [-0.25, -0.2) is 13.8 Å². The number of rotatable bonds is 3. The third kappa shape index (κ3) is 2.84. The standard InChI is InChI=1S/C15H13F2N3O/c16-11-3-4-13(12(17)8-11)19-14(21)9-20-7-5-10-2-1-6-18-15(10)20/h1-4,6,8H,5,7,9H2,(H,19,21). The molecule has 2 heterocycles. The highest BCUT2D eigenvalue weighted by Crippen LogP contribution is 2.24. The fourth-order valence-electron chi connectivity index (χ4n) is 2.38. The summed E-state index contributed by atoms with van der Waals surface area (Å²) in [5, 5.41) is 2.45. The maximum Gasteiger partial charge on any atom is 0.244 e. The maximum absolute atomic E-state index is 13.5. The van der Waals surface area contributed by atoms with Gasteiger partial charge in [0.05, 0.1) is 12.2 Å². The first-order valence-corrected chi connectivity index (χ1v) is 6.57. The van der Waals surface area contributed by atoms with Gasteiger partial charge in [-0.2, -0.15) is 0 Å². The summed E-state index contributed by atoms with van der Waals surface area (Å²) in [5.41, 5.74) is 1.07. The van der Waals surface area contributed by atoms with E-state index in [9.17, 15) is 13.6 Å². The van der Waals surface area contributed by atoms with Crippen molar-refractivity contribution in [2.45, 2.75) is 6.42 Å². The molecule has 108 valence electrons. The molecule has 4 nitrogen and oxygen atoms in total. The van der Waals surface area contributed by atoms with E-state index in [1.807, 2.05) is 17.0 Å². The van der Waals surface area contributed by atoms with Gasteiger partial charge < -0.3 is 10.2 Å². The molecule has 1 aromatic carbocycles. The average molecular weight is 289 g/mol. The quantitative estimate of drug-likeness (QED) is 0.943. The van der Waals surface area contributed by atoms with Crippen LogP contribution in [0, 0.1) is 11.6 Å². The Kier molecular flexibility index (Phi) is 3.51. The lowest BCUT2D eigenvalue weighted by Gasteiger charge is -2.17. The molecule has 1 aromatic heterocycles. The average Bonchev–Trinajstić information content (AvgIpc) is 2.85. The summed E-state index contributed by atoms with van der Waals surface area (Å²) in [4.78, 5) is 18.1. The van der Waals surface area contributed by atoms with Crippen molar-refractivity contribution in [3.05, 3.63) is 53.7 Å². The van der Waals surface area contributed by atoms with Crippen LogP contribution in [0.3, 0.4) is 0 Å². The number of hydrogen-bond acceptors (Lipinski definition) is 3. The molecule has 0 atom stereocenters. The second-order valence-electron chi connectivity index (χ2n) is 4.83. The number of halogens is 2. The first-order chi connectivity index (χ1) is 10.1. The zero-order valence-corrected chi connectivity index (χ0v) is 11.1. The Morgan fingerprint density at radius 1 is 1.33 bits per heavy atom. The highest BCUT2D eigenvalue weighted by Gasteiger charge is 2.22. The molecule has 0 fully saturated rings. The number of anilines is 2. The van der Waals surface area contributed by atoms with Crippen LogP contribution < -0.4 is 10.2 Å². The van der Waals surface area contributed by atoms with Crippen LogP contribution in [0.4, 0.5) is 20.3 Å². The number of carbonyl (C=O) groups excluding carboxylic acids is 1. The molecule has 6 heteroatoms. The Labute approximate surface area is 120 Å². The summed E-state index contributed by atoms with van der Waals surface area (Å²) < 4.78 is 26.3. The smallest absolute Gasteiger partial charge is 0.244 e. The number of nitrogens with one attached hydrogen (secondary N) is 1. The second-order valence-corrected chi connectivity index (χ2v) is 4.83. The van der Waals surface area contributed by atoms with E-state index in [-0.39, 0.29) is 18.1 Å². The maximum atomic E-state index is 13.5. The van der Waals surface area contributed by atoms with Crippen LogP contribution in [0.15, 0.2) is 36.5 Å². The van der Waals surface area contributed by atoms with Crippen molar-refractivity contribution in [2.24, 2.45) is 0 Å². The molecular weight excluding hydrogens is 276 g/mol. The summed E-state index contributed by atoms with van der Waals surface area (Å²) in [6, 6.07) is 6.88. The zero-order valence-electron chi connectivity index (χ0n) is 11.1. The highest BCUT2D eigenvalue weighted by atomic mass is 19.1. The van der Waals surface area contributed by atoms with Crippen LogP contribution >= 0.6 is 0 Å². The van der Waals surface area contributed by atoms with Gasteiger partial charge in [0.1, 0.15) is 17.5 Å². The number of benzene rings is 1. The first kappa shape index (κ1) is 13.5. The van der Waals surface area contributed by atoms with Crippen LogP contribution in [0.1, 0.15) is 5.56 Å². The predicted octanol–water partition coefficient (Wildman–Crippen LogP) is 2.36. The van der Waals surface area contributed by atoms with E-state index < -0.39 is 11.6 Å². The molecular formula is C15H13F2N3O. The molecule has 0 saturated heterocycles. The fourth-order valence-corrected chi connectivity index (χ4v) is 2.38. The number of hydrogen-bond donors (Lipinski definition) is 1. The lowest BCUT2D eigenvalue weighted by atomic mass is 10.2. The third-order valence-corrected chi connectivity index (χ3v) is 3.36. The topological polar surface area (TPSA) is 45.2 Å². The van der Waals surface area contributed by atoms with Gasteiger partial charge in [0.25, 0.3) is 0 Å². The monoisotopic (exact) mass is 289 g/mol. The second kappa shape index (κ2) is 5.47. The van der Waals surface area contributed by atoms with Crippen LogP contribution in [0.5, 0.6) is 0 Å². The van der Waals surface area contributed by atoms with E-state index in [4.69, 9.17) is 0 Å². The van der Waals surface area contributed by atoms with Crippen molar-refractivity contribution in [3.63, 3.8) is 0 Å². The Bertz CT molecular complexity index is 690. The molecule has 3 rings (SSSR count). The lowest BCUT2D eigenvalue weighted by molar-refractivity contribution is -0.115. The molecule has 0 radical (unpaired) electrons. The Balaban J connectivity index is 1.68. The lowest BCUT2D eigenvalue weighted by Crippen LogP contribution is -2.32. The SMILES string of the molecule is O=C(CN1CCc2cccnc21)Nc1ccc(F)cc1F. The van der Waals surface area contributed by atoms with Gasteiger partial charge in [-0.1, -0.05) is 6.07 Å². The molecule has 1 amide bonds. The minimum Gasteiger partial charge on any atom is -0.347 e. The summed E-state index contributed by atoms with van der Waals surface area (Å²) in [7, 11) is 0. The zero-order chi connectivity index (χ0) is 14.8. The molecule has 0 aliphatic carbocycles. The summed E-state index contributed by atoms with van der Waals surface area (Å²) in [6.45, 7) is 0.784. The van der Waals surface area contributed by atoms with Gasteiger partial charge in [0.15, 0.2) is 0 Å². The van der Waals surface area contributed by atoms with Crippen molar-refractivity contribution >= 4 is 17.4 Å². The van der Waals surface area contributed by atoms with Gasteiger partial charge in [0.2, 0.25) is 5.91 Å². The van der Waals surface area contributed by atoms with E-state index in [1.165, 1.54) is 6.07 Å². The molecule has 1 aliphatic heterocycles. The third-order valence-electron chi connectivity index (χ3n) is 3.36. The number of pyridine rings is 1. The molecule has 21 heavy (non-hydrogen) atoms. The largest absolute Gasteiger partial charge is 0.347 e. The minimum absolute atomic E-state index is 0.0261.